The van der Waals surface area contributed by atoms with Crippen molar-refractivity contribution in [3.63, 3.8) is 0 Å². The molecule has 0 saturated carbocycles. The minimum Gasteiger partial charge on any atom is -0.507 e. The Kier molecular flexibility index (Phi) is 11.3. The largest absolute Gasteiger partial charge is 0.507 e. The van der Waals surface area contributed by atoms with E-state index in [1.54, 1.807) is 33.8 Å². The zero-order valence-corrected chi connectivity index (χ0v) is 30.1. The number of esters is 1. The van der Waals surface area contributed by atoms with Crippen molar-refractivity contribution in [2.24, 2.45) is 29.4 Å². The number of phenols is 1. The summed E-state index contributed by atoms with van der Waals surface area (Å²) >= 11 is 0. The van der Waals surface area contributed by atoms with Crippen molar-refractivity contribution in [2.75, 3.05) is 7.11 Å². The maximum absolute atomic E-state index is 13.9. The number of rotatable bonds is 2. The summed E-state index contributed by atoms with van der Waals surface area (Å²) in [4.78, 5) is 66.8. The fourth-order valence-corrected chi connectivity index (χ4v) is 6.72. The molecule has 9 unspecified atom stereocenters. The van der Waals surface area contributed by atoms with Crippen LogP contribution >= 0.6 is 0 Å². The fourth-order valence-electron chi connectivity index (χ4n) is 6.72. The van der Waals surface area contributed by atoms with Gasteiger partial charge in [0, 0.05) is 55.8 Å². The average Bonchev–Trinajstić information content (AvgIpc) is 3.35. The standard InChI is InChI=1S/C37H46N2O12/c1-15-11-10-12-16(2)36(47)39-27-26(38)31(44)23-24(32(27)45)30(43)20(6)34-25(23)35(46)37(8,51-34)49-14-13-22(48-9)17(3)33(50-21(7)40)19(5)29(42)18(4)28(15)41/h10-15,17-19,22,28-29,33,41-43H,38H2,1-9H3,(H,39,47). The second-order valence-corrected chi connectivity index (χ2v) is 13.6. The molecule has 276 valence electrons. The van der Waals surface area contributed by atoms with Gasteiger partial charge in [0.25, 0.3) is 11.7 Å². The van der Waals surface area contributed by atoms with Crippen LogP contribution in [0.1, 0.15) is 85.1 Å². The number of carbonyl (C=O) groups is 5. The van der Waals surface area contributed by atoms with Crippen molar-refractivity contribution < 1.29 is 58.2 Å². The third-order valence-electron chi connectivity index (χ3n) is 9.99. The third kappa shape index (κ3) is 7.08. The number of hydrogen-bond donors (Lipinski definition) is 5. The number of nitrogens with one attached hydrogen (secondary N) is 1. The maximum Gasteiger partial charge on any atom is 0.312 e. The van der Waals surface area contributed by atoms with Crippen LogP contribution in [0.3, 0.4) is 0 Å². The Morgan fingerprint density at radius 2 is 1.59 bits per heavy atom. The van der Waals surface area contributed by atoms with Gasteiger partial charge in [0.05, 0.1) is 41.3 Å². The lowest BCUT2D eigenvalue weighted by Crippen LogP contribution is -2.46. The highest BCUT2D eigenvalue weighted by Gasteiger charge is 2.52. The number of hydrogen-bond acceptors (Lipinski definition) is 13. The van der Waals surface area contributed by atoms with Gasteiger partial charge in [-0.25, -0.2) is 0 Å². The highest BCUT2D eigenvalue weighted by molar-refractivity contribution is 6.32. The van der Waals surface area contributed by atoms with Crippen LogP contribution in [-0.2, 0) is 23.8 Å². The molecule has 9 atom stereocenters. The van der Waals surface area contributed by atoms with Gasteiger partial charge in [0.1, 0.15) is 29.0 Å². The monoisotopic (exact) mass is 710 g/mol. The molecule has 0 fully saturated rings. The lowest BCUT2D eigenvalue weighted by atomic mass is 9.78. The molecular formula is C37H46N2O12. The van der Waals surface area contributed by atoms with Crippen LogP contribution in [0.15, 0.2) is 47.5 Å². The summed E-state index contributed by atoms with van der Waals surface area (Å²) in [5, 5.41) is 36.1. The topological polar surface area (TPSA) is 221 Å². The zero-order valence-electron chi connectivity index (χ0n) is 30.1. The molecule has 3 heterocycles. The van der Waals surface area contributed by atoms with Gasteiger partial charge in [-0.05, 0) is 19.9 Å². The summed E-state index contributed by atoms with van der Waals surface area (Å²) in [7, 11) is 1.41. The Labute approximate surface area is 296 Å². The van der Waals surface area contributed by atoms with E-state index < -0.39 is 111 Å². The van der Waals surface area contributed by atoms with Gasteiger partial charge in [-0.3, -0.25) is 24.0 Å². The van der Waals surface area contributed by atoms with E-state index in [9.17, 15) is 39.3 Å². The minimum atomic E-state index is -2.08. The summed E-state index contributed by atoms with van der Waals surface area (Å²) in [6, 6.07) is 0. The molecule has 1 aromatic rings. The van der Waals surface area contributed by atoms with Gasteiger partial charge in [0.15, 0.2) is 0 Å². The summed E-state index contributed by atoms with van der Waals surface area (Å²) in [6.45, 7) is 12.2. The first kappa shape index (κ1) is 39.0. The number of phenolic OH excluding ortho intramolecular Hbond substituents is 1. The number of aliphatic hydroxyl groups is 2. The molecule has 0 radical (unpaired) electrons. The molecule has 5 bridgehead atoms. The second kappa shape index (κ2) is 14.8. The first-order chi connectivity index (χ1) is 23.8. The number of fused-ring (bicyclic) bond motifs is 14. The van der Waals surface area contributed by atoms with Gasteiger partial charge >= 0.3 is 11.8 Å². The number of Topliss-reactive ketones (excluding diaryl/α,β-unsaturated/α-hetero) is 3. The maximum atomic E-state index is 13.9. The van der Waals surface area contributed by atoms with Crippen molar-refractivity contribution in [2.45, 2.75) is 85.6 Å². The van der Waals surface area contributed by atoms with Crippen LogP contribution in [0.25, 0.3) is 0 Å². The van der Waals surface area contributed by atoms with Crippen LogP contribution < -0.4 is 15.8 Å². The van der Waals surface area contributed by atoms with Crippen LogP contribution in [0.4, 0.5) is 0 Å². The number of benzene rings is 1. The van der Waals surface area contributed by atoms with E-state index in [4.69, 9.17) is 24.7 Å². The van der Waals surface area contributed by atoms with Gasteiger partial charge in [0.2, 0.25) is 11.6 Å². The van der Waals surface area contributed by atoms with Crippen molar-refractivity contribution in [3.05, 3.63) is 69.8 Å². The van der Waals surface area contributed by atoms with Crippen LogP contribution in [0.2, 0.25) is 0 Å². The summed E-state index contributed by atoms with van der Waals surface area (Å²) < 4.78 is 23.1. The van der Waals surface area contributed by atoms with E-state index in [1.165, 1.54) is 53.0 Å². The van der Waals surface area contributed by atoms with E-state index in [-0.39, 0.29) is 22.4 Å². The molecule has 14 nitrogen and oxygen atoms in total. The molecule has 0 saturated heterocycles. The second-order valence-electron chi connectivity index (χ2n) is 13.6. The predicted octanol–water partition coefficient (Wildman–Crippen LogP) is 2.92. The number of carbonyl (C=O) groups excluding carboxylic acids is 5. The first-order valence-corrected chi connectivity index (χ1v) is 16.6. The molecule has 1 aromatic carbocycles. The molecule has 6 N–H and O–H groups in total. The summed E-state index contributed by atoms with van der Waals surface area (Å²) in [5.74, 6) is -9.62. The Hall–Kier alpha value is -4.79. The molecule has 1 amide bonds. The van der Waals surface area contributed by atoms with Gasteiger partial charge in [-0.2, -0.15) is 0 Å². The molecule has 0 spiro atoms. The van der Waals surface area contributed by atoms with Crippen LogP contribution in [0.5, 0.6) is 11.5 Å². The van der Waals surface area contributed by atoms with E-state index in [2.05, 4.69) is 5.32 Å². The van der Waals surface area contributed by atoms with E-state index in [0.717, 1.165) is 6.26 Å². The van der Waals surface area contributed by atoms with Gasteiger partial charge < -0.3 is 45.3 Å². The number of aliphatic hydroxyl groups excluding tert-OH is 2. The number of methoxy groups -OCH3 is 1. The normalized spacial score (nSPS) is 31.9. The Bertz CT molecular complexity index is 1770. The molecule has 0 aromatic heterocycles. The minimum absolute atomic E-state index is 0.0295. The molecular weight excluding hydrogens is 664 g/mol. The Morgan fingerprint density at radius 3 is 2.20 bits per heavy atom. The van der Waals surface area contributed by atoms with E-state index >= 15 is 0 Å². The summed E-state index contributed by atoms with van der Waals surface area (Å²) in [6.07, 6.45) is 3.25. The number of allylic oxidation sites excluding steroid dienone is 4. The predicted molar refractivity (Wildman–Crippen MR) is 182 cm³/mol. The Morgan fingerprint density at radius 1 is 0.941 bits per heavy atom. The van der Waals surface area contributed by atoms with Gasteiger partial charge in [-0.1, -0.05) is 45.9 Å². The molecule has 14 heteroatoms. The van der Waals surface area contributed by atoms with E-state index in [0.29, 0.717) is 0 Å². The van der Waals surface area contributed by atoms with Crippen molar-refractivity contribution in [1.82, 2.24) is 5.32 Å². The molecule has 4 aliphatic rings. The van der Waals surface area contributed by atoms with Gasteiger partial charge in [-0.15, -0.1) is 0 Å². The van der Waals surface area contributed by atoms with E-state index in [1.807, 2.05) is 0 Å². The highest BCUT2D eigenvalue weighted by Crippen LogP contribution is 2.48. The van der Waals surface area contributed by atoms with Crippen molar-refractivity contribution in [1.29, 1.82) is 0 Å². The third-order valence-corrected chi connectivity index (χ3v) is 9.99. The number of ketones is 3. The van der Waals surface area contributed by atoms with Crippen LogP contribution in [0, 0.1) is 30.6 Å². The zero-order chi connectivity index (χ0) is 38.3. The molecule has 5 rings (SSSR count). The molecule has 51 heavy (non-hydrogen) atoms. The number of amides is 1. The SMILES string of the molecule is COC1C=COC2(C)Oc3c(C)c(O)c4c(c3C2=O)C(=O)C(N)=C(NC(=O)C(C)=CC=CC(C)C(O)C(C)C(O)C(C)C(OC(C)=O)C1C)C4=O. The lowest BCUT2D eigenvalue weighted by molar-refractivity contribution is -0.160. The van der Waals surface area contributed by atoms with Crippen LogP contribution in [-0.4, -0.2) is 81.9 Å². The Balaban J connectivity index is 1.86. The number of aromatic hydroxyl groups is 1. The number of ether oxygens (including phenoxy) is 4. The smallest absolute Gasteiger partial charge is 0.312 e. The fraction of sp³-hybridized carbons (Fsp3) is 0.486. The highest BCUT2D eigenvalue weighted by atomic mass is 16.7. The lowest BCUT2D eigenvalue weighted by Gasteiger charge is -2.38. The molecule has 1 aliphatic carbocycles. The summed E-state index contributed by atoms with van der Waals surface area (Å²) in [5.41, 5.74) is 3.62. The average molecular weight is 711 g/mol. The van der Waals surface area contributed by atoms with Crippen molar-refractivity contribution >= 4 is 29.2 Å². The number of nitrogens with two attached hydrogens (primary N) is 1. The molecule has 3 aliphatic heterocycles. The quantitative estimate of drug-likeness (QED) is 0.279. The first-order valence-electron chi connectivity index (χ1n) is 16.6. The van der Waals surface area contributed by atoms with Crippen molar-refractivity contribution in [3.8, 4) is 11.5 Å².